The second kappa shape index (κ2) is 6.74. The molecular weight excluding hydrogens is 363 g/mol. The Morgan fingerprint density at radius 2 is 1.55 bits per heavy atom. The van der Waals surface area contributed by atoms with Gasteiger partial charge in [0.05, 0.1) is 0 Å². The maximum atomic E-state index is 12.1. The molecule has 20 heavy (non-hydrogen) atoms. The van der Waals surface area contributed by atoms with Crippen LogP contribution >= 0.6 is 22.6 Å². The first-order valence-corrected chi connectivity index (χ1v) is 7.52. The van der Waals surface area contributed by atoms with Crippen molar-refractivity contribution in [2.75, 3.05) is 10.6 Å². The molecule has 0 spiro atoms. The van der Waals surface area contributed by atoms with Gasteiger partial charge >= 0.3 is 0 Å². The van der Waals surface area contributed by atoms with Gasteiger partial charge in [-0.2, -0.15) is 0 Å². The molecule has 0 saturated carbocycles. The number of carbonyl (C=O) groups is 1. The van der Waals surface area contributed by atoms with Gasteiger partial charge in [-0.05, 0) is 72.8 Å². The van der Waals surface area contributed by atoms with E-state index in [4.69, 9.17) is 0 Å². The molecule has 0 aliphatic heterocycles. The Bertz CT molecular complexity index is 578. The van der Waals surface area contributed by atoms with Gasteiger partial charge in [0, 0.05) is 14.9 Å². The number of amides is 1. The summed E-state index contributed by atoms with van der Waals surface area (Å²) in [6, 6.07) is 15.4. The predicted octanol–water partition coefficient (Wildman–Crippen LogP) is 4.04. The van der Waals surface area contributed by atoms with Gasteiger partial charge in [0.2, 0.25) is 5.91 Å². The predicted molar refractivity (Wildman–Crippen MR) is 92.1 cm³/mol. The van der Waals surface area contributed by atoms with E-state index >= 15 is 0 Å². The van der Waals surface area contributed by atoms with Gasteiger partial charge < -0.3 is 10.6 Å². The highest BCUT2D eigenvalue weighted by atomic mass is 127. The largest absolute Gasteiger partial charge is 0.374 e. The fraction of sp³-hybridized carbons (Fsp3) is 0.188. The molecule has 2 aromatic rings. The lowest BCUT2D eigenvalue weighted by Crippen LogP contribution is -2.31. The number of rotatable bonds is 4. The van der Waals surface area contributed by atoms with Crippen LogP contribution in [0.25, 0.3) is 0 Å². The Labute approximate surface area is 132 Å². The van der Waals surface area contributed by atoms with Crippen LogP contribution in [0.4, 0.5) is 11.4 Å². The van der Waals surface area contributed by atoms with Crippen molar-refractivity contribution in [2.24, 2.45) is 0 Å². The minimum Gasteiger partial charge on any atom is -0.374 e. The van der Waals surface area contributed by atoms with E-state index in [1.165, 1.54) is 9.13 Å². The van der Waals surface area contributed by atoms with Crippen molar-refractivity contribution >= 4 is 39.9 Å². The summed E-state index contributed by atoms with van der Waals surface area (Å²) in [6.07, 6.45) is 0. The van der Waals surface area contributed by atoms with Crippen LogP contribution in [-0.4, -0.2) is 11.9 Å². The summed E-state index contributed by atoms with van der Waals surface area (Å²) in [6.45, 7) is 3.87. The smallest absolute Gasteiger partial charge is 0.246 e. The van der Waals surface area contributed by atoms with Crippen LogP contribution in [0.3, 0.4) is 0 Å². The van der Waals surface area contributed by atoms with Crippen LogP contribution in [0.15, 0.2) is 48.5 Å². The van der Waals surface area contributed by atoms with E-state index < -0.39 is 0 Å². The molecule has 0 heterocycles. The molecule has 2 rings (SSSR count). The number of carbonyl (C=O) groups excluding carboxylic acids is 1. The number of anilines is 2. The summed E-state index contributed by atoms with van der Waals surface area (Å²) in [5.41, 5.74) is 2.93. The number of hydrogen-bond acceptors (Lipinski definition) is 2. The van der Waals surface area contributed by atoms with Crippen molar-refractivity contribution in [3.05, 3.63) is 57.7 Å². The molecule has 0 aliphatic rings. The van der Waals surface area contributed by atoms with E-state index in [1.807, 2.05) is 62.4 Å². The number of aryl methyl sites for hydroxylation is 1. The van der Waals surface area contributed by atoms with Crippen LogP contribution in [-0.2, 0) is 4.79 Å². The first kappa shape index (κ1) is 14.8. The van der Waals surface area contributed by atoms with Crippen molar-refractivity contribution in [1.82, 2.24) is 0 Å². The van der Waals surface area contributed by atoms with Crippen LogP contribution in [0, 0.1) is 10.5 Å². The Morgan fingerprint density at radius 3 is 2.15 bits per heavy atom. The molecule has 2 N–H and O–H groups in total. The lowest BCUT2D eigenvalue weighted by molar-refractivity contribution is -0.116. The first-order chi connectivity index (χ1) is 9.54. The zero-order valence-electron chi connectivity index (χ0n) is 11.5. The van der Waals surface area contributed by atoms with Crippen molar-refractivity contribution in [3.8, 4) is 0 Å². The van der Waals surface area contributed by atoms with Crippen molar-refractivity contribution in [2.45, 2.75) is 19.9 Å². The maximum absolute atomic E-state index is 12.1. The fourth-order valence-electron chi connectivity index (χ4n) is 1.75. The zero-order chi connectivity index (χ0) is 14.5. The van der Waals surface area contributed by atoms with Crippen molar-refractivity contribution in [1.29, 1.82) is 0 Å². The van der Waals surface area contributed by atoms with Gasteiger partial charge in [0.15, 0.2) is 0 Å². The summed E-state index contributed by atoms with van der Waals surface area (Å²) in [5.74, 6) is -0.0487. The van der Waals surface area contributed by atoms with Gasteiger partial charge in [-0.25, -0.2) is 0 Å². The van der Waals surface area contributed by atoms with Crippen LogP contribution < -0.4 is 10.6 Å². The topological polar surface area (TPSA) is 41.1 Å². The summed E-state index contributed by atoms with van der Waals surface area (Å²) in [4.78, 5) is 12.1. The summed E-state index contributed by atoms with van der Waals surface area (Å²) >= 11 is 2.25. The first-order valence-electron chi connectivity index (χ1n) is 6.44. The average molecular weight is 380 g/mol. The summed E-state index contributed by atoms with van der Waals surface area (Å²) < 4.78 is 1.17. The monoisotopic (exact) mass is 380 g/mol. The van der Waals surface area contributed by atoms with Crippen molar-refractivity contribution in [3.63, 3.8) is 0 Å². The van der Waals surface area contributed by atoms with Crippen molar-refractivity contribution < 1.29 is 4.79 Å². The van der Waals surface area contributed by atoms with Gasteiger partial charge in [-0.15, -0.1) is 0 Å². The normalized spacial score (nSPS) is 11.8. The van der Waals surface area contributed by atoms with E-state index in [2.05, 4.69) is 33.2 Å². The van der Waals surface area contributed by atoms with E-state index in [0.29, 0.717) is 0 Å². The van der Waals surface area contributed by atoms with Gasteiger partial charge in [0.1, 0.15) is 6.04 Å². The van der Waals surface area contributed by atoms with Crippen LogP contribution in [0.2, 0.25) is 0 Å². The quantitative estimate of drug-likeness (QED) is 0.787. The number of benzene rings is 2. The van der Waals surface area contributed by atoms with E-state index in [1.54, 1.807) is 0 Å². The Morgan fingerprint density at radius 1 is 1.00 bits per heavy atom. The van der Waals surface area contributed by atoms with Gasteiger partial charge in [-0.1, -0.05) is 17.7 Å². The molecule has 1 unspecified atom stereocenters. The minimum absolute atomic E-state index is 0.0487. The molecule has 4 heteroatoms. The molecule has 1 amide bonds. The maximum Gasteiger partial charge on any atom is 0.246 e. The highest BCUT2D eigenvalue weighted by Crippen LogP contribution is 2.13. The Balaban J connectivity index is 1.94. The third-order valence-corrected chi connectivity index (χ3v) is 3.66. The molecule has 1 atom stereocenters. The lowest BCUT2D eigenvalue weighted by atomic mass is 10.2. The molecule has 104 valence electrons. The summed E-state index contributed by atoms with van der Waals surface area (Å²) in [7, 11) is 0. The molecule has 0 fully saturated rings. The molecular formula is C16H17IN2O. The van der Waals surface area contributed by atoms with E-state index in [9.17, 15) is 4.79 Å². The van der Waals surface area contributed by atoms with Crippen LogP contribution in [0.5, 0.6) is 0 Å². The highest BCUT2D eigenvalue weighted by molar-refractivity contribution is 14.1. The van der Waals surface area contributed by atoms with Crippen LogP contribution in [0.1, 0.15) is 12.5 Å². The average Bonchev–Trinajstić information content (AvgIpc) is 2.44. The Hall–Kier alpha value is -1.56. The molecule has 0 radical (unpaired) electrons. The van der Waals surface area contributed by atoms with E-state index in [-0.39, 0.29) is 11.9 Å². The second-order valence-electron chi connectivity index (χ2n) is 4.73. The van der Waals surface area contributed by atoms with E-state index in [0.717, 1.165) is 11.4 Å². The molecule has 0 aromatic heterocycles. The standard InChI is InChI=1S/C16H17IN2O/c1-11-3-7-15(8-4-11)19-16(20)12(2)18-14-9-5-13(17)6-10-14/h3-10,12,18H,1-2H3,(H,19,20). The fourth-order valence-corrected chi connectivity index (χ4v) is 2.11. The zero-order valence-corrected chi connectivity index (χ0v) is 13.6. The lowest BCUT2D eigenvalue weighted by Gasteiger charge is -2.15. The third kappa shape index (κ3) is 4.23. The molecule has 0 aliphatic carbocycles. The van der Waals surface area contributed by atoms with Gasteiger partial charge in [-0.3, -0.25) is 4.79 Å². The minimum atomic E-state index is -0.295. The molecule has 0 saturated heterocycles. The third-order valence-electron chi connectivity index (χ3n) is 2.94. The molecule has 0 bridgehead atoms. The summed E-state index contributed by atoms with van der Waals surface area (Å²) in [5, 5.41) is 6.08. The Kier molecular flexibility index (Phi) is 5.00. The number of hydrogen-bond donors (Lipinski definition) is 2. The SMILES string of the molecule is Cc1ccc(NC(=O)C(C)Nc2ccc(I)cc2)cc1. The highest BCUT2D eigenvalue weighted by Gasteiger charge is 2.12. The number of halogens is 1. The van der Waals surface area contributed by atoms with Gasteiger partial charge in [0.25, 0.3) is 0 Å². The molecule has 3 nitrogen and oxygen atoms in total. The second-order valence-corrected chi connectivity index (χ2v) is 5.97. The number of nitrogens with one attached hydrogen (secondary N) is 2. The molecule has 2 aromatic carbocycles.